The highest BCUT2D eigenvalue weighted by atomic mass is 19.1. The van der Waals surface area contributed by atoms with E-state index in [1.54, 1.807) is 17.0 Å². The SMILES string of the molecule is O=C(CCC[NH+]1CC[NH2+]CC1)c1ccc(F)cc1. The molecule has 1 heterocycles. The Morgan fingerprint density at radius 1 is 1.22 bits per heavy atom. The van der Waals surface area contributed by atoms with Crippen LogP contribution in [0.3, 0.4) is 0 Å². The molecule has 0 atom stereocenters. The number of rotatable bonds is 5. The van der Waals surface area contributed by atoms with Gasteiger partial charge >= 0.3 is 0 Å². The first-order chi connectivity index (χ1) is 8.75. The minimum absolute atomic E-state index is 0.123. The second kappa shape index (κ2) is 6.61. The highest BCUT2D eigenvalue weighted by Crippen LogP contribution is 2.06. The van der Waals surface area contributed by atoms with Crippen molar-refractivity contribution in [3.63, 3.8) is 0 Å². The average molecular weight is 252 g/mol. The third-order valence-corrected chi connectivity index (χ3v) is 3.50. The number of hydrogen-bond donors (Lipinski definition) is 2. The van der Waals surface area contributed by atoms with Gasteiger partial charge in [0.15, 0.2) is 5.78 Å². The van der Waals surface area contributed by atoms with Crippen molar-refractivity contribution in [2.45, 2.75) is 12.8 Å². The molecule has 0 amide bonds. The summed E-state index contributed by atoms with van der Waals surface area (Å²) in [5, 5.41) is 2.34. The van der Waals surface area contributed by atoms with Gasteiger partial charge in [0.1, 0.15) is 32.0 Å². The van der Waals surface area contributed by atoms with E-state index in [4.69, 9.17) is 0 Å². The van der Waals surface area contributed by atoms with Crippen molar-refractivity contribution in [3.8, 4) is 0 Å². The summed E-state index contributed by atoms with van der Waals surface area (Å²) in [6, 6.07) is 5.83. The molecule has 0 unspecified atom stereocenters. The van der Waals surface area contributed by atoms with Crippen molar-refractivity contribution >= 4 is 5.78 Å². The molecule has 18 heavy (non-hydrogen) atoms. The van der Waals surface area contributed by atoms with Crippen LogP contribution in [0.15, 0.2) is 24.3 Å². The molecule has 0 aliphatic carbocycles. The van der Waals surface area contributed by atoms with Crippen LogP contribution >= 0.6 is 0 Å². The van der Waals surface area contributed by atoms with Gasteiger partial charge in [-0.3, -0.25) is 4.79 Å². The number of Topliss-reactive ketones (excluding diaryl/α,β-unsaturated/α-hetero) is 1. The van der Waals surface area contributed by atoms with E-state index in [-0.39, 0.29) is 11.6 Å². The lowest BCUT2D eigenvalue weighted by Crippen LogP contribution is -3.20. The standard InChI is InChI=1S/C14H19FN2O/c15-13-5-3-12(4-6-13)14(18)2-1-9-17-10-7-16-8-11-17/h3-6,16H,1-2,7-11H2/p+2. The predicted octanol–water partition coefficient (Wildman–Crippen LogP) is -0.749. The third kappa shape index (κ3) is 3.89. The van der Waals surface area contributed by atoms with Crippen LogP contribution < -0.4 is 10.2 Å². The normalized spacial score (nSPS) is 16.7. The molecular weight excluding hydrogens is 231 g/mol. The second-order valence-corrected chi connectivity index (χ2v) is 4.90. The summed E-state index contributed by atoms with van der Waals surface area (Å²) in [6.07, 6.45) is 1.49. The van der Waals surface area contributed by atoms with Crippen LogP contribution in [-0.4, -0.2) is 38.5 Å². The van der Waals surface area contributed by atoms with E-state index in [9.17, 15) is 9.18 Å². The molecule has 2 rings (SSSR count). The summed E-state index contributed by atoms with van der Waals surface area (Å²) in [5.74, 6) is -0.168. The van der Waals surface area contributed by atoms with Gasteiger partial charge in [-0.15, -0.1) is 0 Å². The zero-order valence-corrected chi connectivity index (χ0v) is 10.6. The molecule has 0 radical (unpaired) electrons. The fourth-order valence-corrected chi connectivity index (χ4v) is 2.41. The van der Waals surface area contributed by atoms with Gasteiger partial charge in [-0.1, -0.05) is 0 Å². The Morgan fingerprint density at radius 3 is 2.56 bits per heavy atom. The summed E-state index contributed by atoms with van der Waals surface area (Å²) in [5.41, 5.74) is 0.623. The van der Waals surface area contributed by atoms with E-state index in [0.717, 1.165) is 13.0 Å². The maximum Gasteiger partial charge on any atom is 0.163 e. The van der Waals surface area contributed by atoms with E-state index in [1.807, 2.05) is 0 Å². The maximum atomic E-state index is 12.7. The van der Waals surface area contributed by atoms with Gasteiger partial charge < -0.3 is 10.2 Å². The van der Waals surface area contributed by atoms with Gasteiger partial charge in [0, 0.05) is 18.4 Å². The van der Waals surface area contributed by atoms with Gasteiger partial charge in [0.25, 0.3) is 0 Å². The Labute approximate surface area is 107 Å². The molecule has 1 aliphatic rings. The van der Waals surface area contributed by atoms with Crippen LogP contribution in [0.1, 0.15) is 23.2 Å². The molecule has 1 aromatic carbocycles. The average Bonchev–Trinajstić information content (AvgIpc) is 2.40. The van der Waals surface area contributed by atoms with Crippen molar-refractivity contribution in [2.24, 2.45) is 0 Å². The molecule has 4 heteroatoms. The fourth-order valence-electron chi connectivity index (χ4n) is 2.41. The minimum atomic E-state index is -0.291. The molecule has 98 valence electrons. The first-order valence-electron chi connectivity index (χ1n) is 6.70. The number of ketones is 1. The number of hydrogen-bond acceptors (Lipinski definition) is 1. The third-order valence-electron chi connectivity index (χ3n) is 3.50. The summed E-state index contributed by atoms with van der Waals surface area (Å²) in [4.78, 5) is 13.5. The van der Waals surface area contributed by atoms with Crippen LogP contribution in [0, 0.1) is 5.82 Å². The molecular formula is C14H21FN2O+2. The number of benzene rings is 1. The number of piperazine rings is 1. The summed E-state index contributed by atoms with van der Waals surface area (Å²) in [6.45, 7) is 5.86. The molecule has 0 spiro atoms. The zero-order chi connectivity index (χ0) is 12.8. The highest BCUT2D eigenvalue weighted by molar-refractivity contribution is 5.95. The molecule has 1 saturated heterocycles. The van der Waals surface area contributed by atoms with Gasteiger partial charge in [-0.25, -0.2) is 4.39 Å². The van der Waals surface area contributed by atoms with Crippen LogP contribution in [0.5, 0.6) is 0 Å². The molecule has 1 aliphatic heterocycles. The maximum absolute atomic E-state index is 12.7. The fraction of sp³-hybridized carbons (Fsp3) is 0.500. The van der Waals surface area contributed by atoms with Crippen LogP contribution in [0.25, 0.3) is 0 Å². The lowest BCUT2D eigenvalue weighted by atomic mass is 10.1. The number of nitrogens with one attached hydrogen (secondary N) is 1. The molecule has 1 aromatic rings. The Balaban J connectivity index is 1.72. The van der Waals surface area contributed by atoms with Crippen molar-refractivity contribution in [1.29, 1.82) is 0 Å². The molecule has 0 bridgehead atoms. The molecule has 0 saturated carbocycles. The Hall–Kier alpha value is -1.26. The first kappa shape index (κ1) is 13.2. The summed E-state index contributed by atoms with van der Waals surface area (Å²) < 4.78 is 12.7. The first-order valence-corrected chi connectivity index (χ1v) is 6.70. The number of quaternary nitrogens is 2. The van der Waals surface area contributed by atoms with E-state index in [2.05, 4.69) is 5.32 Å². The van der Waals surface area contributed by atoms with Gasteiger partial charge in [0.05, 0.1) is 6.54 Å². The Bertz CT molecular complexity index is 385. The number of carbonyl (C=O) groups excluding carboxylic acids is 1. The summed E-state index contributed by atoms with van der Waals surface area (Å²) in [7, 11) is 0. The summed E-state index contributed by atoms with van der Waals surface area (Å²) >= 11 is 0. The molecule has 0 aromatic heterocycles. The van der Waals surface area contributed by atoms with E-state index < -0.39 is 0 Å². The quantitative estimate of drug-likeness (QED) is 0.665. The topological polar surface area (TPSA) is 38.1 Å². The molecule has 1 fully saturated rings. The van der Waals surface area contributed by atoms with Crippen molar-refractivity contribution in [1.82, 2.24) is 0 Å². The predicted molar refractivity (Wildman–Crippen MR) is 67.2 cm³/mol. The van der Waals surface area contributed by atoms with Gasteiger partial charge in [-0.2, -0.15) is 0 Å². The Kier molecular flexibility index (Phi) is 4.84. The van der Waals surface area contributed by atoms with Crippen molar-refractivity contribution < 1.29 is 19.4 Å². The van der Waals surface area contributed by atoms with Crippen LogP contribution in [0.4, 0.5) is 4.39 Å². The molecule has 3 N–H and O–H groups in total. The van der Waals surface area contributed by atoms with E-state index in [1.165, 1.54) is 38.3 Å². The second-order valence-electron chi connectivity index (χ2n) is 4.90. The highest BCUT2D eigenvalue weighted by Gasteiger charge is 2.15. The van der Waals surface area contributed by atoms with Crippen LogP contribution in [-0.2, 0) is 0 Å². The monoisotopic (exact) mass is 252 g/mol. The smallest absolute Gasteiger partial charge is 0.163 e. The van der Waals surface area contributed by atoms with Gasteiger partial charge in [0.2, 0.25) is 0 Å². The zero-order valence-electron chi connectivity index (χ0n) is 10.6. The lowest BCUT2D eigenvalue weighted by molar-refractivity contribution is -0.946. The van der Waals surface area contributed by atoms with E-state index in [0.29, 0.717) is 12.0 Å². The van der Waals surface area contributed by atoms with Crippen molar-refractivity contribution in [3.05, 3.63) is 35.6 Å². The van der Waals surface area contributed by atoms with Gasteiger partial charge in [-0.05, 0) is 24.3 Å². The lowest BCUT2D eigenvalue weighted by Gasteiger charge is -2.21. The number of carbonyl (C=O) groups is 1. The minimum Gasteiger partial charge on any atom is -0.337 e. The number of halogens is 1. The Morgan fingerprint density at radius 2 is 1.89 bits per heavy atom. The number of nitrogens with two attached hydrogens (primary N) is 1. The largest absolute Gasteiger partial charge is 0.337 e. The van der Waals surface area contributed by atoms with Crippen LogP contribution in [0.2, 0.25) is 0 Å². The molecule has 3 nitrogen and oxygen atoms in total. The van der Waals surface area contributed by atoms with E-state index >= 15 is 0 Å². The van der Waals surface area contributed by atoms with Crippen molar-refractivity contribution in [2.75, 3.05) is 32.7 Å².